The summed E-state index contributed by atoms with van der Waals surface area (Å²) in [7, 11) is 4.41. The minimum Gasteiger partial charge on any atom is -0.329 e. The molecule has 2 unspecified atom stereocenters. The van der Waals surface area contributed by atoms with Gasteiger partial charge in [-0.1, -0.05) is 19.8 Å². The van der Waals surface area contributed by atoms with E-state index in [2.05, 4.69) is 30.8 Å². The van der Waals surface area contributed by atoms with Gasteiger partial charge in [-0.3, -0.25) is 4.90 Å². The maximum absolute atomic E-state index is 6.06. The van der Waals surface area contributed by atoms with Crippen molar-refractivity contribution in [2.45, 2.75) is 44.2 Å². The smallest absolute Gasteiger partial charge is 0.0332 e. The maximum atomic E-state index is 6.06. The Balaban J connectivity index is 2.06. The third-order valence-electron chi connectivity index (χ3n) is 4.82. The standard InChI is InChI=1S/C13H27N3/c1-11-8-16(9-12(11)15(2)3)13(10-14)6-4-5-7-13/h11-12H,4-10,14H2,1-3H3. The molecule has 0 spiro atoms. The average molecular weight is 225 g/mol. The van der Waals surface area contributed by atoms with Crippen molar-refractivity contribution in [3.8, 4) is 0 Å². The first-order valence-electron chi connectivity index (χ1n) is 6.70. The molecule has 0 aromatic heterocycles. The van der Waals surface area contributed by atoms with Gasteiger partial charge in [-0.25, -0.2) is 0 Å². The number of nitrogens with zero attached hydrogens (tertiary/aromatic N) is 2. The summed E-state index contributed by atoms with van der Waals surface area (Å²) >= 11 is 0. The van der Waals surface area contributed by atoms with E-state index in [0.29, 0.717) is 11.6 Å². The summed E-state index contributed by atoms with van der Waals surface area (Å²) in [6.45, 7) is 5.68. The van der Waals surface area contributed by atoms with Crippen molar-refractivity contribution >= 4 is 0 Å². The molecule has 1 aliphatic heterocycles. The molecule has 2 atom stereocenters. The molecule has 1 heterocycles. The molecule has 1 aliphatic carbocycles. The van der Waals surface area contributed by atoms with Gasteiger partial charge < -0.3 is 10.6 Å². The highest BCUT2D eigenvalue weighted by atomic mass is 15.3. The average Bonchev–Trinajstić information content (AvgIpc) is 2.84. The summed E-state index contributed by atoms with van der Waals surface area (Å²) in [5.41, 5.74) is 6.41. The van der Waals surface area contributed by atoms with Gasteiger partial charge in [-0.05, 0) is 32.9 Å². The lowest BCUT2D eigenvalue weighted by Gasteiger charge is -2.38. The van der Waals surface area contributed by atoms with Gasteiger partial charge in [-0.2, -0.15) is 0 Å². The van der Waals surface area contributed by atoms with Crippen LogP contribution in [0.15, 0.2) is 0 Å². The second kappa shape index (κ2) is 4.63. The van der Waals surface area contributed by atoms with Gasteiger partial charge >= 0.3 is 0 Å². The molecule has 0 bridgehead atoms. The van der Waals surface area contributed by atoms with Crippen LogP contribution < -0.4 is 5.73 Å². The molecular formula is C13H27N3. The van der Waals surface area contributed by atoms with Crippen molar-refractivity contribution in [3.05, 3.63) is 0 Å². The van der Waals surface area contributed by atoms with E-state index in [9.17, 15) is 0 Å². The molecule has 2 fully saturated rings. The molecular weight excluding hydrogens is 198 g/mol. The Morgan fingerprint density at radius 3 is 2.31 bits per heavy atom. The molecule has 3 nitrogen and oxygen atoms in total. The van der Waals surface area contributed by atoms with Crippen LogP contribution in [0.1, 0.15) is 32.6 Å². The summed E-state index contributed by atoms with van der Waals surface area (Å²) in [5, 5.41) is 0. The summed E-state index contributed by atoms with van der Waals surface area (Å²) in [6.07, 6.45) is 5.37. The first-order chi connectivity index (χ1) is 7.59. The minimum atomic E-state index is 0.346. The third-order valence-corrected chi connectivity index (χ3v) is 4.82. The largest absolute Gasteiger partial charge is 0.329 e. The maximum Gasteiger partial charge on any atom is 0.0332 e. The van der Waals surface area contributed by atoms with Crippen LogP contribution in [0.3, 0.4) is 0 Å². The first kappa shape index (κ1) is 12.3. The molecule has 2 rings (SSSR count). The normalized spacial score (nSPS) is 35.1. The van der Waals surface area contributed by atoms with Gasteiger partial charge in [0.2, 0.25) is 0 Å². The molecule has 0 radical (unpaired) electrons. The van der Waals surface area contributed by atoms with E-state index in [1.165, 1.54) is 38.8 Å². The van der Waals surface area contributed by atoms with Crippen LogP contribution >= 0.6 is 0 Å². The summed E-state index contributed by atoms with van der Waals surface area (Å²) in [5.74, 6) is 0.777. The van der Waals surface area contributed by atoms with Crippen LogP contribution in [0.25, 0.3) is 0 Å². The highest BCUT2D eigenvalue weighted by Gasteiger charge is 2.44. The van der Waals surface area contributed by atoms with Crippen molar-refractivity contribution in [2.24, 2.45) is 11.7 Å². The van der Waals surface area contributed by atoms with Crippen LogP contribution in [0.4, 0.5) is 0 Å². The van der Waals surface area contributed by atoms with Gasteiger partial charge in [0.25, 0.3) is 0 Å². The molecule has 94 valence electrons. The fourth-order valence-electron chi connectivity index (χ4n) is 3.69. The Hall–Kier alpha value is -0.120. The van der Waals surface area contributed by atoms with Gasteiger partial charge in [0, 0.05) is 31.2 Å². The van der Waals surface area contributed by atoms with Crippen molar-refractivity contribution in [1.29, 1.82) is 0 Å². The molecule has 1 saturated heterocycles. The topological polar surface area (TPSA) is 32.5 Å². The van der Waals surface area contributed by atoms with Crippen LogP contribution in [-0.2, 0) is 0 Å². The van der Waals surface area contributed by atoms with Crippen LogP contribution in [0.5, 0.6) is 0 Å². The molecule has 0 aromatic carbocycles. The van der Waals surface area contributed by atoms with Crippen molar-refractivity contribution in [2.75, 3.05) is 33.7 Å². The van der Waals surface area contributed by atoms with E-state index in [0.717, 1.165) is 12.5 Å². The molecule has 1 saturated carbocycles. The Morgan fingerprint density at radius 1 is 1.25 bits per heavy atom. The number of hydrogen-bond donors (Lipinski definition) is 1. The summed E-state index contributed by atoms with van der Waals surface area (Å²) in [4.78, 5) is 5.07. The molecule has 2 aliphatic rings. The lowest BCUT2D eigenvalue weighted by Crippen LogP contribution is -2.51. The van der Waals surface area contributed by atoms with Gasteiger partial charge in [0.1, 0.15) is 0 Å². The summed E-state index contributed by atoms with van der Waals surface area (Å²) in [6, 6.07) is 0.712. The van der Waals surface area contributed by atoms with Crippen LogP contribution in [0.2, 0.25) is 0 Å². The number of likely N-dealkylation sites (N-methyl/N-ethyl adjacent to an activating group) is 1. The number of nitrogens with two attached hydrogens (primary N) is 1. The highest BCUT2D eigenvalue weighted by molar-refractivity contribution is 5.01. The van der Waals surface area contributed by atoms with E-state index in [1.807, 2.05) is 0 Å². The molecule has 2 N–H and O–H groups in total. The number of rotatable bonds is 3. The third kappa shape index (κ3) is 2.01. The fraction of sp³-hybridized carbons (Fsp3) is 1.00. The monoisotopic (exact) mass is 225 g/mol. The minimum absolute atomic E-state index is 0.346. The quantitative estimate of drug-likeness (QED) is 0.782. The van der Waals surface area contributed by atoms with Gasteiger partial charge in [0.15, 0.2) is 0 Å². The molecule has 0 aromatic rings. The zero-order valence-corrected chi connectivity index (χ0v) is 11.1. The van der Waals surface area contributed by atoms with Crippen LogP contribution in [0, 0.1) is 5.92 Å². The second-order valence-corrected chi connectivity index (χ2v) is 6.05. The number of likely N-dealkylation sites (tertiary alicyclic amines) is 1. The first-order valence-corrected chi connectivity index (χ1v) is 6.70. The van der Waals surface area contributed by atoms with Gasteiger partial charge in [0.05, 0.1) is 0 Å². The number of hydrogen-bond acceptors (Lipinski definition) is 3. The Bertz CT molecular complexity index is 233. The van der Waals surface area contributed by atoms with E-state index in [1.54, 1.807) is 0 Å². The van der Waals surface area contributed by atoms with E-state index in [4.69, 9.17) is 5.73 Å². The SMILES string of the molecule is CC1CN(C2(CN)CCCC2)CC1N(C)C. The van der Waals surface area contributed by atoms with E-state index in [-0.39, 0.29) is 0 Å². The van der Waals surface area contributed by atoms with Gasteiger partial charge in [-0.15, -0.1) is 0 Å². The van der Waals surface area contributed by atoms with Crippen molar-refractivity contribution in [3.63, 3.8) is 0 Å². The Labute approximate surface area is 100.0 Å². The van der Waals surface area contributed by atoms with E-state index < -0.39 is 0 Å². The van der Waals surface area contributed by atoms with Crippen LogP contribution in [-0.4, -0.2) is 55.1 Å². The van der Waals surface area contributed by atoms with E-state index >= 15 is 0 Å². The predicted molar refractivity (Wildman–Crippen MR) is 68.5 cm³/mol. The second-order valence-electron chi connectivity index (χ2n) is 6.05. The predicted octanol–water partition coefficient (Wildman–Crippen LogP) is 1.14. The highest BCUT2D eigenvalue weighted by Crippen LogP contribution is 2.38. The Kier molecular flexibility index (Phi) is 3.57. The zero-order chi connectivity index (χ0) is 11.8. The zero-order valence-electron chi connectivity index (χ0n) is 11.1. The van der Waals surface area contributed by atoms with Crippen molar-refractivity contribution < 1.29 is 0 Å². The molecule has 16 heavy (non-hydrogen) atoms. The summed E-state index contributed by atoms with van der Waals surface area (Å²) < 4.78 is 0. The lowest BCUT2D eigenvalue weighted by atomic mass is 9.95. The Morgan fingerprint density at radius 2 is 1.88 bits per heavy atom. The molecule has 3 heteroatoms. The van der Waals surface area contributed by atoms with Crippen molar-refractivity contribution in [1.82, 2.24) is 9.80 Å². The fourth-order valence-corrected chi connectivity index (χ4v) is 3.69. The lowest BCUT2D eigenvalue weighted by molar-refractivity contribution is 0.119. The molecule has 0 amide bonds.